The van der Waals surface area contributed by atoms with Crippen molar-refractivity contribution >= 4 is 0 Å². The first-order valence-corrected chi connectivity index (χ1v) is 12.8. The fourth-order valence-electron chi connectivity index (χ4n) is 5.42. The summed E-state index contributed by atoms with van der Waals surface area (Å²) in [4.78, 5) is 0. The van der Waals surface area contributed by atoms with Gasteiger partial charge in [0.2, 0.25) is 0 Å². The zero-order valence-electron chi connectivity index (χ0n) is 20.1. The minimum absolute atomic E-state index is 0.322. The maximum atomic E-state index is 5.77. The van der Waals surface area contributed by atoms with Crippen molar-refractivity contribution in [3.63, 3.8) is 0 Å². The molecule has 0 amide bonds. The number of benzene rings is 4. The van der Waals surface area contributed by atoms with Crippen LogP contribution < -0.4 is 5.73 Å². The molecule has 0 saturated carbocycles. The fourth-order valence-corrected chi connectivity index (χ4v) is 5.42. The van der Waals surface area contributed by atoms with Crippen LogP contribution in [0.5, 0.6) is 0 Å². The molecule has 0 aromatic heterocycles. The Hall–Kier alpha value is -3.16. The summed E-state index contributed by atoms with van der Waals surface area (Å²) in [6, 6.07) is 44.5. The lowest BCUT2D eigenvalue weighted by Crippen LogP contribution is -2.23. The molecule has 0 aliphatic carbocycles. The molecular weight excluding hydrogens is 410 g/mol. The maximum Gasteiger partial charge on any atom is 0.0127 e. The van der Waals surface area contributed by atoms with Gasteiger partial charge in [-0.15, -0.1) is 0 Å². The van der Waals surface area contributed by atoms with Gasteiger partial charge in [-0.25, -0.2) is 0 Å². The molecule has 4 aromatic carbocycles. The highest BCUT2D eigenvalue weighted by Gasteiger charge is 2.33. The second-order valence-electron chi connectivity index (χ2n) is 9.25. The summed E-state index contributed by atoms with van der Waals surface area (Å²) >= 11 is 0. The lowest BCUT2D eigenvalue weighted by Gasteiger charge is -2.36. The van der Waals surface area contributed by atoms with E-state index in [9.17, 15) is 0 Å². The minimum Gasteiger partial charge on any atom is -0.330 e. The second kappa shape index (κ2) is 12.9. The first-order valence-electron chi connectivity index (χ1n) is 12.8. The van der Waals surface area contributed by atoms with Gasteiger partial charge in [0.25, 0.3) is 0 Å². The summed E-state index contributed by atoms with van der Waals surface area (Å²) in [5, 5.41) is 0. The number of unbranched alkanes of at least 4 members (excludes halogenated alkanes) is 3. The van der Waals surface area contributed by atoms with Crippen LogP contribution >= 0.6 is 0 Å². The van der Waals surface area contributed by atoms with Crippen LogP contribution in [0.3, 0.4) is 0 Å². The van der Waals surface area contributed by atoms with E-state index in [-0.39, 0.29) is 0 Å². The summed E-state index contributed by atoms with van der Waals surface area (Å²) < 4.78 is 0. The van der Waals surface area contributed by atoms with Crippen LogP contribution in [0.15, 0.2) is 121 Å². The second-order valence-corrected chi connectivity index (χ2v) is 9.25. The monoisotopic (exact) mass is 447 g/mol. The molecule has 0 radical (unpaired) electrons. The summed E-state index contributed by atoms with van der Waals surface area (Å²) in [5.74, 6) is 1.08. The molecule has 0 bridgehead atoms. The van der Waals surface area contributed by atoms with E-state index >= 15 is 0 Å². The molecule has 0 heterocycles. The Kier molecular flexibility index (Phi) is 9.11. The van der Waals surface area contributed by atoms with Crippen LogP contribution in [0.2, 0.25) is 0 Å². The first kappa shape index (κ1) is 24.0. The molecule has 174 valence electrons. The summed E-state index contributed by atoms with van der Waals surface area (Å²) in [6.45, 7) is 0.788. The van der Waals surface area contributed by atoms with Crippen molar-refractivity contribution in [2.75, 3.05) is 6.54 Å². The van der Waals surface area contributed by atoms with Crippen molar-refractivity contribution in [2.24, 2.45) is 11.7 Å². The molecule has 0 aliphatic heterocycles. The van der Waals surface area contributed by atoms with Crippen LogP contribution in [-0.2, 0) is 0 Å². The van der Waals surface area contributed by atoms with Crippen LogP contribution in [-0.4, -0.2) is 6.54 Å². The Morgan fingerprint density at radius 1 is 0.412 bits per heavy atom. The highest BCUT2D eigenvalue weighted by molar-refractivity contribution is 5.39. The smallest absolute Gasteiger partial charge is 0.0127 e. The lowest BCUT2D eigenvalue weighted by atomic mass is 9.68. The van der Waals surface area contributed by atoms with Gasteiger partial charge in [-0.1, -0.05) is 141 Å². The van der Waals surface area contributed by atoms with E-state index in [1.807, 2.05) is 0 Å². The first-order chi connectivity index (χ1) is 16.9. The third kappa shape index (κ3) is 6.24. The molecule has 0 atom stereocenters. The molecule has 1 nitrogen and oxygen atoms in total. The van der Waals surface area contributed by atoms with Crippen LogP contribution in [0.4, 0.5) is 0 Å². The highest BCUT2D eigenvalue weighted by Crippen LogP contribution is 2.46. The fraction of sp³-hybridized carbons (Fsp3) is 0.273. The van der Waals surface area contributed by atoms with Crippen molar-refractivity contribution in [1.29, 1.82) is 0 Å². The normalized spacial score (nSPS) is 11.4. The predicted octanol–water partition coefficient (Wildman–Crippen LogP) is 8.18. The van der Waals surface area contributed by atoms with Crippen molar-refractivity contribution in [3.05, 3.63) is 144 Å². The van der Waals surface area contributed by atoms with E-state index in [1.165, 1.54) is 47.9 Å². The van der Waals surface area contributed by atoms with E-state index in [0.717, 1.165) is 13.0 Å². The molecule has 0 aliphatic rings. The molecule has 4 rings (SSSR count). The van der Waals surface area contributed by atoms with Crippen molar-refractivity contribution in [2.45, 2.75) is 43.9 Å². The zero-order chi connectivity index (χ0) is 23.4. The van der Waals surface area contributed by atoms with Gasteiger partial charge in [0.1, 0.15) is 0 Å². The van der Waals surface area contributed by atoms with E-state index in [2.05, 4.69) is 121 Å². The van der Waals surface area contributed by atoms with Crippen LogP contribution in [0.25, 0.3) is 0 Å². The Morgan fingerprint density at radius 3 is 1.06 bits per heavy atom. The van der Waals surface area contributed by atoms with Gasteiger partial charge in [-0.3, -0.25) is 0 Å². The maximum absolute atomic E-state index is 5.77. The number of nitrogens with two attached hydrogens (primary N) is 1. The third-order valence-corrected chi connectivity index (χ3v) is 6.98. The van der Waals surface area contributed by atoms with Crippen molar-refractivity contribution < 1.29 is 0 Å². The van der Waals surface area contributed by atoms with Gasteiger partial charge < -0.3 is 5.73 Å². The zero-order valence-corrected chi connectivity index (χ0v) is 20.1. The van der Waals surface area contributed by atoms with Crippen molar-refractivity contribution in [3.8, 4) is 0 Å². The highest BCUT2D eigenvalue weighted by atomic mass is 14.5. The summed E-state index contributed by atoms with van der Waals surface area (Å²) in [5.41, 5.74) is 11.4. The van der Waals surface area contributed by atoms with E-state index in [4.69, 9.17) is 5.73 Å². The molecule has 0 unspecified atom stereocenters. The Bertz CT molecular complexity index is 899. The average molecular weight is 448 g/mol. The van der Waals surface area contributed by atoms with E-state index < -0.39 is 0 Å². The van der Waals surface area contributed by atoms with Gasteiger partial charge in [0.15, 0.2) is 0 Å². The molecule has 34 heavy (non-hydrogen) atoms. The Morgan fingerprint density at radius 2 is 0.735 bits per heavy atom. The molecule has 4 aromatic rings. The van der Waals surface area contributed by atoms with E-state index in [0.29, 0.717) is 17.8 Å². The lowest BCUT2D eigenvalue weighted by molar-refractivity contribution is 0.371. The van der Waals surface area contributed by atoms with Gasteiger partial charge >= 0.3 is 0 Å². The van der Waals surface area contributed by atoms with Gasteiger partial charge in [0, 0.05) is 11.8 Å². The molecule has 0 fully saturated rings. The van der Waals surface area contributed by atoms with Gasteiger partial charge in [-0.2, -0.15) is 0 Å². The van der Waals surface area contributed by atoms with Crippen LogP contribution in [0.1, 0.15) is 66.2 Å². The van der Waals surface area contributed by atoms with E-state index in [1.54, 1.807) is 0 Å². The molecule has 0 saturated heterocycles. The standard InChI is InChI=1S/C33H37N/c34-26-16-2-1-15-25-31(32(27-17-7-3-8-18-27)28-19-9-4-10-20-28)33(29-21-11-5-12-22-29)30-23-13-6-14-24-30/h3-14,17-24,31-33H,1-2,15-16,25-26,34H2. The molecular formula is C33H37N. The Labute approximate surface area is 205 Å². The van der Waals surface area contributed by atoms with Gasteiger partial charge in [-0.05, 0) is 47.6 Å². The number of hydrogen-bond acceptors (Lipinski definition) is 1. The number of rotatable bonds is 12. The average Bonchev–Trinajstić information content (AvgIpc) is 2.91. The molecule has 1 heteroatoms. The quantitative estimate of drug-likeness (QED) is 0.218. The largest absolute Gasteiger partial charge is 0.330 e. The molecule has 2 N–H and O–H groups in total. The minimum atomic E-state index is 0.322. The van der Waals surface area contributed by atoms with Crippen LogP contribution in [0, 0.1) is 5.92 Å². The van der Waals surface area contributed by atoms with Gasteiger partial charge in [0.05, 0.1) is 0 Å². The Balaban J connectivity index is 1.81. The van der Waals surface area contributed by atoms with Crippen molar-refractivity contribution in [1.82, 2.24) is 0 Å². The summed E-state index contributed by atoms with van der Waals surface area (Å²) in [6.07, 6.45) is 5.96. The number of hydrogen-bond donors (Lipinski definition) is 1. The SMILES string of the molecule is NCCCCCCC(C(c1ccccc1)c1ccccc1)C(c1ccccc1)c1ccccc1. The third-order valence-electron chi connectivity index (χ3n) is 6.98. The summed E-state index contributed by atoms with van der Waals surface area (Å²) in [7, 11) is 0. The topological polar surface area (TPSA) is 26.0 Å². The molecule has 0 spiro atoms. The predicted molar refractivity (Wildman–Crippen MR) is 145 cm³/mol.